The zero-order valence-corrected chi connectivity index (χ0v) is 18.9. The lowest BCUT2D eigenvalue weighted by Gasteiger charge is -2.36. The van der Waals surface area contributed by atoms with Crippen molar-refractivity contribution in [2.75, 3.05) is 5.32 Å². The Kier molecular flexibility index (Phi) is 4.98. The first-order valence-corrected chi connectivity index (χ1v) is 11.1. The first-order valence-electron chi connectivity index (χ1n) is 10.3. The molecule has 1 saturated heterocycles. The Balaban J connectivity index is 1.43. The van der Waals surface area contributed by atoms with Gasteiger partial charge in [-0.1, -0.05) is 24.3 Å². The van der Waals surface area contributed by atoms with Crippen LogP contribution in [0.4, 0.5) is 5.82 Å². The molecular weight excluding hydrogens is 428 g/mol. The first-order chi connectivity index (χ1) is 15.5. The third kappa shape index (κ3) is 3.09. The van der Waals surface area contributed by atoms with E-state index in [0.717, 1.165) is 37.3 Å². The van der Waals surface area contributed by atoms with E-state index in [1.807, 2.05) is 26.0 Å². The second-order valence-corrected chi connectivity index (χ2v) is 9.61. The SMILES string of the molecule is [B]C([B])([B])C1(c2ccc(CNc3ncnc4c3sc3nnc(C)c(C)c34)cc2)B(O)C1([B])O. The number of hydrogen-bond donors (Lipinski definition) is 3. The van der Waals surface area contributed by atoms with Gasteiger partial charge in [0.15, 0.2) is 0 Å². The quantitative estimate of drug-likeness (QED) is 0.388. The number of anilines is 1. The lowest BCUT2D eigenvalue weighted by atomic mass is 9.31. The van der Waals surface area contributed by atoms with Crippen molar-refractivity contribution in [1.29, 1.82) is 0 Å². The van der Waals surface area contributed by atoms with Crippen LogP contribution in [0.2, 0.25) is 5.11 Å². The number of benzene rings is 1. The van der Waals surface area contributed by atoms with E-state index >= 15 is 0 Å². The average Bonchev–Trinajstić information content (AvgIpc) is 3.05. The van der Waals surface area contributed by atoms with Crippen LogP contribution < -0.4 is 5.32 Å². The number of rotatable bonds is 5. The molecule has 1 aliphatic rings. The summed E-state index contributed by atoms with van der Waals surface area (Å²) in [6, 6.07) is 7.03. The summed E-state index contributed by atoms with van der Waals surface area (Å²) in [5, 5.41) is 28.0. The van der Waals surface area contributed by atoms with Crippen LogP contribution in [0.25, 0.3) is 20.4 Å². The number of fused-ring (bicyclic) bond motifs is 3. The molecule has 0 spiro atoms. The van der Waals surface area contributed by atoms with Gasteiger partial charge in [0, 0.05) is 22.6 Å². The van der Waals surface area contributed by atoms with E-state index < -0.39 is 22.7 Å². The number of aromatic nitrogens is 4. The summed E-state index contributed by atoms with van der Waals surface area (Å²) in [7, 11) is 23.4. The summed E-state index contributed by atoms with van der Waals surface area (Å²) in [6.45, 7) is 3.02. The Morgan fingerprint density at radius 2 is 1.79 bits per heavy atom. The summed E-state index contributed by atoms with van der Waals surface area (Å²) in [5.41, 5.74) is 4.14. The highest BCUT2D eigenvalue weighted by molar-refractivity contribution is 7.26. The van der Waals surface area contributed by atoms with Crippen molar-refractivity contribution < 1.29 is 10.1 Å². The maximum Gasteiger partial charge on any atom is 0.323 e. The summed E-state index contributed by atoms with van der Waals surface area (Å²) in [5.74, 6) is 0.694. The van der Waals surface area contributed by atoms with E-state index in [0.29, 0.717) is 17.9 Å². The van der Waals surface area contributed by atoms with Crippen LogP contribution in [-0.2, 0) is 11.9 Å². The van der Waals surface area contributed by atoms with Gasteiger partial charge < -0.3 is 15.4 Å². The minimum atomic E-state index is -2.02. The van der Waals surface area contributed by atoms with Crippen molar-refractivity contribution >= 4 is 75.9 Å². The van der Waals surface area contributed by atoms with Gasteiger partial charge in [-0.2, -0.15) is 5.10 Å². The Labute approximate surface area is 200 Å². The summed E-state index contributed by atoms with van der Waals surface area (Å²) in [6.07, 6.45) is 1.53. The van der Waals surface area contributed by atoms with E-state index in [4.69, 9.17) is 31.4 Å². The second-order valence-electron chi connectivity index (χ2n) is 8.61. The molecule has 0 bridgehead atoms. The molecule has 0 amide bonds. The molecule has 154 valence electrons. The number of nitrogens with zero attached hydrogens (tertiary/aromatic N) is 4. The van der Waals surface area contributed by atoms with Gasteiger partial charge in [0.2, 0.25) is 0 Å². The molecule has 0 saturated carbocycles. The molecule has 33 heavy (non-hydrogen) atoms. The van der Waals surface area contributed by atoms with Gasteiger partial charge in [0.05, 0.1) is 39.4 Å². The van der Waals surface area contributed by atoms with Crippen LogP contribution in [0.1, 0.15) is 22.4 Å². The maximum atomic E-state index is 10.4. The van der Waals surface area contributed by atoms with Crippen LogP contribution in [0, 0.1) is 13.8 Å². The molecule has 4 heterocycles. The average molecular weight is 445 g/mol. The van der Waals surface area contributed by atoms with Crippen LogP contribution in [0.3, 0.4) is 0 Å². The Bertz CT molecular complexity index is 1380. The van der Waals surface area contributed by atoms with E-state index in [2.05, 4.69) is 25.5 Å². The minimum absolute atomic E-state index is 0.453. The minimum Gasteiger partial charge on any atom is -0.448 e. The molecule has 8 radical (unpaired) electrons. The van der Waals surface area contributed by atoms with Crippen LogP contribution in [0.15, 0.2) is 30.6 Å². The molecule has 3 N–H and O–H groups in total. The van der Waals surface area contributed by atoms with Gasteiger partial charge in [-0.3, -0.25) is 0 Å². The smallest absolute Gasteiger partial charge is 0.323 e. The lowest BCUT2D eigenvalue weighted by molar-refractivity contribution is 0.213. The molecule has 13 heteroatoms. The Hall–Kier alpha value is -2.36. The molecule has 1 fully saturated rings. The predicted molar refractivity (Wildman–Crippen MR) is 134 cm³/mol. The van der Waals surface area contributed by atoms with Crippen molar-refractivity contribution in [3.8, 4) is 0 Å². The molecule has 5 rings (SSSR count). The van der Waals surface area contributed by atoms with E-state index in [1.165, 1.54) is 17.7 Å². The molecule has 1 aromatic carbocycles. The van der Waals surface area contributed by atoms with Gasteiger partial charge >= 0.3 is 6.92 Å². The fraction of sp³-hybridized carbons (Fsp3) is 0.300. The Morgan fingerprint density at radius 1 is 1.12 bits per heavy atom. The highest BCUT2D eigenvalue weighted by Crippen LogP contribution is 2.62. The van der Waals surface area contributed by atoms with Crippen molar-refractivity contribution in [2.24, 2.45) is 0 Å². The van der Waals surface area contributed by atoms with Crippen molar-refractivity contribution in [1.82, 2.24) is 20.2 Å². The van der Waals surface area contributed by atoms with Gasteiger partial charge in [0.25, 0.3) is 0 Å². The van der Waals surface area contributed by atoms with Crippen LogP contribution in [0.5, 0.6) is 0 Å². The standard InChI is InChI=1S/C20H16B5N5O2S/c1-9-10(2)29-30-17-13(9)14-15(33-17)16(28-8-27-14)26-7-11-3-5-12(6-4-11)18(19(21,22)23)20(24,31)25(18)32/h3-6,8,31-32H,7H2,1-2H3,(H,26,27,28). The van der Waals surface area contributed by atoms with Crippen molar-refractivity contribution in [3.05, 3.63) is 53.0 Å². The molecule has 7 nitrogen and oxygen atoms in total. The summed E-state index contributed by atoms with van der Waals surface area (Å²) < 4.78 is 0.902. The molecule has 2 unspecified atom stereocenters. The van der Waals surface area contributed by atoms with Gasteiger partial charge in [0.1, 0.15) is 24.8 Å². The zero-order valence-electron chi connectivity index (χ0n) is 18.1. The third-order valence-corrected chi connectivity index (χ3v) is 7.66. The maximum absolute atomic E-state index is 10.4. The van der Waals surface area contributed by atoms with Crippen LogP contribution >= 0.6 is 11.3 Å². The normalized spacial score (nSPS) is 22.7. The molecule has 3 aromatic heterocycles. The fourth-order valence-electron chi connectivity index (χ4n) is 4.56. The van der Waals surface area contributed by atoms with Gasteiger partial charge in [-0.15, -0.1) is 21.5 Å². The third-order valence-electron chi connectivity index (χ3n) is 6.59. The lowest BCUT2D eigenvalue weighted by Crippen LogP contribution is -2.39. The van der Waals surface area contributed by atoms with E-state index in [-0.39, 0.29) is 0 Å². The predicted octanol–water partition coefficient (Wildman–Crippen LogP) is 0.613. The second kappa shape index (κ2) is 7.32. The van der Waals surface area contributed by atoms with Crippen molar-refractivity contribution in [3.63, 3.8) is 0 Å². The molecule has 0 aliphatic carbocycles. The number of aliphatic hydroxyl groups is 1. The number of nitrogens with one attached hydrogen (secondary N) is 1. The largest absolute Gasteiger partial charge is 0.448 e. The zero-order chi connectivity index (χ0) is 23.8. The molecule has 1 aliphatic heterocycles. The molecule has 2 atom stereocenters. The highest BCUT2D eigenvalue weighted by Gasteiger charge is 2.79. The summed E-state index contributed by atoms with van der Waals surface area (Å²) in [4.78, 5) is 9.70. The first kappa shape index (κ1) is 22.4. The van der Waals surface area contributed by atoms with E-state index in [1.54, 1.807) is 12.1 Å². The van der Waals surface area contributed by atoms with Gasteiger partial charge in [-0.05, 0) is 30.5 Å². The molecular formula is C20H16B5N5O2S. The fourth-order valence-corrected chi connectivity index (χ4v) is 5.66. The topological polar surface area (TPSA) is 104 Å². The number of aryl methyl sites for hydroxylation is 2. The summed E-state index contributed by atoms with van der Waals surface area (Å²) >= 11 is 1.49. The highest BCUT2D eigenvalue weighted by atomic mass is 32.1. The van der Waals surface area contributed by atoms with Crippen LogP contribution in [-0.4, -0.2) is 74.0 Å². The molecule has 4 aromatic rings. The van der Waals surface area contributed by atoms with Crippen molar-refractivity contribution in [2.45, 2.75) is 36.2 Å². The Morgan fingerprint density at radius 3 is 2.39 bits per heavy atom. The van der Waals surface area contributed by atoms with E-state index in [9.17, 15) is 10.1 Å². The number of hydrogen-bond acceptors (Lipinski definition) is 8. The number of thiophene rings is 1. The monoisotopic (exact) mass is 445 g/mol. The van der Waals surface area contributed by atoms with Gasteiger partial charge in [-0.25, -0.2) is 9.97 Å².